The Morgan fingerprint density at radius 3 is 2.83 bits per heavy atom. The van der Waals surface area contributed by atoms with Crippen LogP contribution in [0.2, 0.25) is 0 Å². The highest BCUT2D eigenvalue weighted by Crippen LogP contribution is 2.16. The van der Waals surface area contributed by atoms with Crippen LogP contribution in [0.25, 0.3) is 5.95 Å². The molecule has 0 atom stereocenters. The molecular formula is C16H18N6OS. The Morgan fingerprint density at radius 2 is 2.12 bits per heavy atom. The van der Waals surface area contributed by atoms with Crippen LogP contribution in [-0.2, 0) is 0 Å². The molecule has 0 fully saturated rings. The third kappa shape index (κ3) is 3.13. The minimum Gasteiger partial charge on any atom is -0.493 e. The molecule has 1 N–H and O–H groups in total. The number of nitrogens with one attached hydrogen (secondary N) is 1. The van der Waals surface area contributed by atoms with Gasteiger partial charge in [-0.2, -0.15) is 14.9 Å². The molecule has 0 unspecified atom stereocenters. The van der Waals surface area contributed by atoms with Crippen LogP contribution in [0.5, 0.6) is 5.75 Å². The van der Waals surface area contributed by atoms with Crippen LogP contribution >= 0.6 is 12.2 Å². The van der Waals surface area contributed by atoms with Crippen molar-refractivity contribution < 1.29 is 4.74 Å². The summed E-state index contributed by atoms with van der Waals surface area (Å²) in [6.45, 7) is 6.42. The lowest BCUT2D eigenvalue weighted by molar-refractivity contribution is 0.340. The first-order valence-corrected chi connectivity index (χ1v) is 7.98. The second-order valence-corrected chi connectivity index (χ2v) is 5.58. The molecule has 1 aromatic carbocycles. The van der Waals surface area contributed by atoms with Gasteiger partial charge in [0.25, 0.3) is 5.95 Å². The fourth-order valence-electron chi connectivity index (χ4n) is 2.35. The molecule has 3 aromatic rings. The summed E-state index contributed by atoms with van der Waals surface area (Å²) in [6.07, 6.45) is 1.70. The van der Waals surface area contributed by atoms with Crippen molar-refractivity contribution in [3.05, 3.63) is 52.1 Å². The molecule has 2 aromatic heterocycles. The number of aromatic nitrogens is 5. The van der Waals surface area contributed by atoms with Crippen molar-refractivity contribution in [3.8, 4) is 11.7 Å². The van der Waals surface area contributed by atoms with Gasteiger partial charge < -0.3 is 4.74 Å². The zero-order valence-corrected chi connectivity index (χ0v) is 14.5. The number of benzene rings is 1. The van der Waals surface area contributed by atoms with Crippen LogP contribution in [0, 0.1) is 18.6 Å². The molecule has 0 aliphatic heterocycles. The van der Waals surface area contributed by atoms with Gasteiger partial charge in [0.05, 0.1) is 18.5 Å². The summed E-state index contributed by atoms with van der Waals surface area (Å²) in [6, 6.07) is 9.66. The number of para-hydroxylation sites is 1. The maximum absolute atomic E-state index is 5.61. The monoisotopic (exact) mass is 342 g/mol. The van der Waals surface area contributed by atoms with Crippen LogP contribution in [0.1, 0.15) is 23.9 Å². The lowest BCUT2D eigenvalue weighted by Gasteiger charge is -2.06. The minimum atomic E-state index is 0.391. The number of aryl methyl sites for hydroxylation is 2. The zero-order chi connectivity index (χ0) is 17.1. The molecule has 7 nitrogen and oxygen atoms in total. The highest BCUT2D eigenvalue weighted by atomic mass is 32.1. The summed E-state index contributed by atoms with van der Waals surface area (Å²) in [4.78, 5) is 0. The van der Waals surface area contributed by atoms with Gasteiger partial charge in [-0.3, -0.25) is 0 Å². The first-order valence-electron chi connectivity index (χ1n) is 7.57. The smallest absolute Gasteiger partial charge is 0.271 e. The largest absolute Gasteiger partial charge is 0.493 e. The SMILES string of the molecule is CCOc1ccccc1/C=N\n1c(-n2nc(C)cc2C)n[nH]c1=S. The molecule has 0 bridgehead atoms. The Morgan fingerprint density at radius 1 is 1.33 bits per heavy atom. The Labute approximate surface area is 144 Å². The lowest BCUT2D eigenvalue weighted by atomic mass is 10.2. The van der Waals surface area contributed by atoms with E-state index >= 15 is 0 Å². The third-order valence-electron chi connectivity index (χ3n) is 3.36. The van der Waals surface area contributed by atoms with Gasteiger partial charge in [0.1, 0.15) is 5.75 Å². The van der Waals surface area contributed by atoms with Crippen LogP contribution in [-0.4, -0.2) is 37.5 Å². The van der Waals surface area contributed by atoms with Gasteiger partial charge >= 0.3 is 0 Å². The van der Waals surface area contributed by atoms with Gasteiger partial charge in [0.15, 0.2) is 0 Å². The van der Waals surface area contributed by atoms with Crippen molar-refractivity contribution in [2.45, 2.75) is 20.8 Å². The molecule has 8 heteroatoms. The van der Waals surface area contributed by atoms with E-state index < -0.39 is 0 Å². The van der Waals surface area contributed by atoms with Gasteiger partial charge in [-0.15, -0.1) is 5.10 Å². The number of ether oxygens (including phenoxy) is 1. The van der Waals surface area contributed by atoms with Gasteiger partial charge in [0.2, 0.25) is 4.77 Å². The second-order valence-electron chi connectivity index (χ2n) is 5.19. The summed E-state index contributed by atoms with van der Waals surface area (Å²) in [5.41, 5.74) is 2.72. The average Bonchev–Trinajstić information content (AvgIpc) is 3.08. The predicted octanol–water partition coefficient (Wildman–Crippen LogP) is 3.02. The molecule has 0 radical (unpaired) electrons. The van der Waals surface area contributed by atoms with Gasteiger partial charge in [0, 0.05) is 11.3 Å². The van der Waals surface area contributed by atoms with E-state index in [4.69, 9.17) is 17.0 Å². The Hall–Kier alpha value is -2.74. The quantitative estimate of drug-likeness (QED) is 0.571. The summed E-state index contributed by atoms with van der Waals surface area (Å²) >= 11 is 5.28. The van der Waals surface area contributed by atoms with E-state index in [1.165, 1.54) is 4.68 Å². The van der Waals surface area contributed by atoms with Crippen molar-refractivity contribution >= 4 is 18.4 Å². The topological polar surface area (TPSA) is 73.0 Å². The standard InChI is InChI=1S/C16H18N6OS/c1-4-23-14-8-6-5-7-13(14)10-17-22-15(18-19-16(22)24)21-12(3)9-11(2)20-21/h5-10H,4H2,1-3H3,(H,19,24)/b17-10-. The average molecular weight is 342 g/mol. The summed E-state index contributed by atoms with van der Waals surface area (Å²) in [5, 5.41) is 15.9. The second kappa shape index (κ2) is 6.79. The molecule has 0 aliphatic rings. The molecule has 2 heterocycles. The van der Waals surface area contributed by atoms with E-state index in [9.17, 15) is 0 Å². The van der Waals surface area contributed by atoms with E-state index in [0.29, 0.717) is 17.3 Å². The van der Waals surface area contributed by atoms with Crippen molar-refractivity contribution in [1.29, 1.82) is 0 Å². The molecule has 24 heavy (non-hydrogen) atoms. The number of nitrogens with zero attached hydrogens (tertiary/aromatic N) is 5. The first kappa shape index (κ1) is 16.1. The highest BCUT2D eigenvalue weighted by molar-refractivity contribution is 7.71. The highest BCUT2D eigenvalue weighted by Gasteiger charge is 2.11. The van der Waals surface area contributed by atoms with Gasteiger partial charge in [-0.1, -0.05) is 12.1 Å². The molecule has 3 rings (SSSR count). The van der Waals surface area contributed by atoms with E-state index in [1.807, 2.05) is 51.1 Å². The fraction of sp³-hybridized carbons (Fsp3) is 0.250. The van der Waals surface area contributed by atoms with Crippen molar-refractivity contribution in [3.63, 3.8) is 0 Å². The Bertz CT molecular complexity index is 936. The van der Waals surface area contributed by atoms with Crippen LogP contribution in [0.3, 0.4) is 0 Å². The van der Waals surface area contributed by atoms with Crippen LogP contribution < -0.4 is 4.74 Å². The van der Waals surface area contributed by atoms with Gasteiger partial charge in [-0.05, 0) is 51.2 Å². The summed E-state index contributed by atoms with van der Waals surface area (Å²) in [5.74, 6) is 1.28. The molecule has 0 spiro atoms. The maximum atomic E-state index is 5.61. The van der Waals surface area contributed by atoms with E-state index in [-0.39, 0.29) is 0 Å². The molecule has 124 valence electrons. The van der Waals surface area contributed by atoms with E-state index in [2.05, 4.69) is 20.4 Å². The number of H-pyrrole nitrogens is 1. The number of aromatic amines is 1. The fourth-order valence-corrected chi connectivity index (χ4v) is 2.52. The third-order valence-corrected chi connectivity index (χ3v) is 3.63. The van der Waals surface area contributed by atoms with Crippen molar-refractivity contribution in [1.82, 2.24) is 24.7 Å². The number of hydrogen-bond donors (Lipinski definition) is 1. The lowest BCUT2D eigenvalue weighted by Crippen LogP contribution is -2.07. The molecule has 0 saturated heterocycles. The molecule has 0 saturated carbocycles. The maximum Gasteiger partial charge on any atom is 0.271 e. The number of rotatable bonds is 5. The van der Waals surface area contributed by atoms with Crippen LogP contribution in [0.4, 0.5) is 0 Å². The molecule has 0 aliphatic carbocycles. The molecule has 0 amide bonds. The van der Waals surface area contributed by atoms with Crippen molar-refractivity contribution in [2.75, 3.05) is 6.61 Å². The van der Waals surface area contributed by atoms with Crippen molar-refractivity contribution in [2.24, 2.45) is 5.10 Å². The Balaban J connectivity index is 2.01. The predicted molar refractivity (Wildman–Crippen MR) is 94.6 cm³/mol. The minimum absolute atomic E-state index is 0.391. The van der Waals surface area contributed by atoms with Crippen LogP contribution in [0.15, 0.2) is 35.4 Å². The summed E-state index contributed by atoms with van der Waals surface area (Å²) < 4.78 is 9.24. The van der Waals surface area contributed by atoms with E-state index in [1.54, 1.807) is 10.9 Å². The number of hydrogen-bond acceptors (Lipinski definition) is 5. The Kier molecular flexibility index (Phi) is 4.57. The normalized spacial score (nSPS) is 11.3. The summed E-state index contributed by atoms with van der Waals surface area (Å²) in [7, 11) is 0. The van der Waals surface area contributed by atoms with Gasteiger partial charge in [-0.25, -0.2) is 9.78 Å². The molecular weight excluding hydrogens is 324 g/mol. The zero-order valence-electron chi connectivity index (χ0n) is 13.7. The first-order chi connectivity index (χ1) is 11.6. The van der Waals surface area contributed by atoms with E-state index in [0.717, 1.165) is 22.7 Å².